The average molecular weight is 329 g/mol. The van der Waals surface area contributed by atoms with Gasteiger partial charge in [-0.15, -0.1) is 11.3 Å². The lowest BCUT2D eigenvalue weighted by atomic mass is 9.85. The van der Waals surface area contributed by atoms with Crippen LogP contribution in [0.4, 0.5) is 0 Å². The van der Waals surface area contributed by atoms with Crippen molar-refractivity contribution in [2.75, 3.05) is 6.61 Å². The third kappa shape index (κ3) is 2.66. The summed E-state index contributed by atoms with van der Waals surface area (Å²) in [5, 5.41) is 13.5. The summed E-state index contributed by atoms with van der Waals surface area (Å²) in [6.45, 7) is 0.161. The minimum Gasteiger partial charge on any atom is -0.396 e. The Bertz CT molecular complexity index is 703. The Balaban J connectivity index is 1.49. The molecule has 23 heavy (non-hydrogen) atoms. The number of carbonyl (C=O) groups excluding carboxylic acids is 1. The third-order valence-corrected chi connectivity index (χ3v) is 6.23. The van der Waals surface area contributed by atoms with Gasteiger partial charge in [-0.2, -0.15) is 0 Å². The van der Waals surface area contributed by atoms with Gasteiger partial charge in [0.15, 0.2) is 0 Å². The smallest absolute Gasteiger partial charge is 0.263 e. The van der Waals surface area contributed by atoms with Crippen molar-refractivity contribution in [1.82, 2.24) is 15.3 Å². The van der Waals surface area contributed by atoms with Crippen molar-refractivity contribution in [3.05, 3.63) is 35.5 Å². The first-order valence-corrected chi connectivity index (χ1v) is 8.87. The van der Waals surface area contributed by atoms with Gasteiger partial charge in [-0.05, 0) is 43.2 Å². The Morgan fingerprint density at radius 1 is 1.30 bits per heavy atom. The highest BCUT2D eigenvalue weighted by Gasteiger charge is 2.47. The lowest BCUT2D eigenvalue weighted by Gasteiger charge is -2.30. The maximum absolute atomic E-state index is 12.5. The summed E-state index contributed by atoms with van der Waals surface area (Å²) < 4.78 is 0. The lowest BCUT2D eigenvalue weighted by Crippen LogP contribution is -2.45. The Hall–Kier alpha value is -1.79. The van der Waals surface area contributed by atoms with Crippen molar-refractivity contribution >= 4 is 17.2 Å². The van der Waals surface area contributed by atoms with Crippen molar-refractivity contribution in [2.45, 2.75) is 25.3 Å². The zero-order valence-electron chi connectivity index (χ0n) is 12.7. The molecule has 1 amide bonds. The maximum atomic E-state index is 12.5. The molecule has 6 heteroatoms. The number of aliphatic hydroxyl groups is 1. The monoisotopic (exact) mass is 329 g/mol. The number of aromatic nitrogens is 2. The molecule has 0 spiro atoms. The summed E-state index contributed by atoms with van der Waals surface area (Å²) in [5.41, 5.74) is 0.782. The van der Waals surface area contributed by atoms with Crippen LogP contribution in [0.25, 0.3) is 10.7 Å². The van der Waals surface area contributed by atoms with Crippen molar-refractivity contribution in [3.8, 4) is 10.7 Å². The number of fused-ring (bicyclic) bond motifs is 2. The van der Waals surface area contributed by atoms with Crippen LogP contribution in [-0.4, -0.2) is 33.6 Å². The molecule has 4 unspecified atom stereocenters. The van der Waals surface area contributed by atoms with E-state index in [4.69, 9.17) is 0 Å². The number of hydrogen-bond donors (Lipinski definition) is 2. The predicted octanol–water partition coefficient (Wildman–Crippen LogP) is 2.34. The van der Waals surface area contributed by atoms with Gasteiger partial charge in [0.2, 0.25) is 0 Å². The van der Waals surface area contributed by atoms with E-state index in [1.807, 2.05) is 18.2 Å². The second-order valence-electron chi connectivity index (χ2n) is 6.42. The van der Waals surface area contributed by atoms with E-state index < -0.39 is 0 Å². The van der Waals surface area contributed by atoms with Crippen LogP contribution >= 0.6 is 11.3 Å². The average Bonchev–Trinajstić information content (AvgIpc) is 3.31. The van der Waals surface area contributed by atoms with E-state index in [1.54, 1.807) is 12.4 Å². The molecule has 2 saturated carbocycles. The van der Waals surface area contributed by atoms with Crippen LogP contribution in [0.1, 0.15) is 28.9 Å². The number of carbonyl (C=O) groups is 1. The Morgan fingerprint density at radius 2 is 2.17 bits per heavy atom. The van der Waals surface area contributed by atoms with Crippen molar-refractivity contribution in [1.29, 1.82) is 0 Å². The molecule has 2 aliphatic rings. The molecule has 0 aliphatic heterocycles. The standard InChI is InChI=1S/C17H19N3O2S/c21-9-12-10-4-5-11(7-10)15(12)20-16(22)14-8-19-17(23-14)13-3-1-2-6-18-13/h1-3,6,8,10-12,15,21H,4-5,7,9H2,(H,20,22). The predicted molar refractivity (Wildman–Crippen MR) is 88.0 cm³/mol. The van der Waals surface area contributed by atoms with Crippen LogP contribution < -0.4 is 5.32 Å². The highest BCUT2D eigenvalue weighted by atomic mass is 32.1. The molecule has 2 aromatic rings. The first kappa shape index (κ1) is 14.8. The molecule has 2 bridgehead atoms. The summed E-state index contributed by atoms with van der Waals surface area (Å²) in [6.07, 6.45) is 6.82. The van der Waals surface area contributed by atoms with Crippen molar-refractivity contribution in [3.63, 3.8) is 0 Å². The fourth-order valence-electron chi connectivity index (χ4n) is 4.11. The second-order valence-corrected chi connectivity index (χ2v) is 7.45. The van der Waals surface area contributed by atoms with Gasteiger partial charge in [-0.3, -0.25) is 9.78 Å². The van der Waals surface area contributed by atoms with Gasteiger partial charge in [-0.25, -0.2) is 4.98 Å². The van der Waals surface area contributed by atoms with Gasteiger partial charge in [-0.1, -0.05) is 6.07 Å². The van der Waals surface area contributed by atoms with Crippen LogP contribution in [0, 0.1) is 17.8 Å². The highest BCUT2D eigenvalue weighted by Crippen LogP contribution is 2.48. The van der Waals surface area contributed by atoms with E-state index in [0.717, 1.165) is 23.5 Å². The van der Waals surface area contributed by atoms with E-state index in [9.17, 15) is 9.90 Å². The number of amides is 1. The first-order chi connectivity index (χ1) is 11.3. The minimum atomic E-state index is -0.0827. The molecule has 2 fully saturated rings. The molecule has 4 atom stereocenters. The summed E-state index contributed by atoms with van der Waals surface area (Å²) >= 11 is 1.36. The van der Waals surface area contributed by atoms with E-state index >= 15 is 0 Å². The largest absolute Gasteiger partial charge is 0.396 e. The molecule has 2 N–H and O–H groups in total. The quantitative estimate of drug-likeness (QED) is 0.903. The van der Waals surface area contributed by atoms with Gasteiger partial charge < -0.3 is 10.4 Å². The second kappa shape index (κ2) is 6.02. The number of thiazole rings is 1. The molecular weight excluding hydrogens is 310 g/mol. The van der Waals surface area contributed by atoms with Gasteiger partial charge in [0.1, 0.15) is 9.88 Å². The summed E-state index contributed by atoms with van der Waals surface area (Å²) in [4.78, 5) is 21.7. The van der Waals surface area contributed by atoms with Crippen LogP contribution in [0.3, 0.4) is 0 Å². The molecule has 0 radical (unpaired) electrons. The molecule has 0 saturated heterocycles. The van der Waals surface area contributed by atoms with Crippen LogP contribution in [0.5, 0.6) is 0 Å². The zero-order chi connectivity index (χ0) is 15.8. The number of nitrogens with one attached hydrogen (secondary N) is 1. The molecule has 2 aromatic heterocycles. The van der Waals surface area contributed by atoms with Gasteiger partial charge in [0, 0.05) is 24.8 Å². The minimum absolute atomic E-state index is 0.0827. The first-order valence-electron chi connectivity index (χ1n) is 8.05. The fraction of sp³-hybridized carbons (Fsp3) is 0.471. The number of nitrogens with zero attached hydrogens (tertiary/aromatic N) is 2. The van der Waals surface area contributed by atoms with E-state index in [2.05, 4.69) is 15.3 Å². The number of hydrogen-bond acceptors (Lipinski definition) is 5. The number of aliphatic hydroxyl groups excluding tert-OH is 1. The molecule has 5 nitrogen and oxygen atoms in total. The Kier molecular flexibility index (Phi) is 3.87. The van der Waals surface area contributed by atoms with Crippen LogP contribution in [0.2, 0.25) is 0 Å². The lowest BCUT2D eigenvalue weighted by molar-refractivity contribution is 0.0865. The number of rotatable bonds is 4. The summed E-state index contributed by atoms with van der Waals surface area (Å²) in [6, 6.07) is 5.75. The zero-order valence-corrected chi connectivity index (χ0v) is 13.5. The Labute approximate surface area is 138 Å². The third-order valence-electron chi connectivity index (χ3n) is 5.21. The number of pyridine rings is 1. The van der Waals surface area contributed by atoms with Gasteiger partial charge >= 0.3 is 0 Å². The molecule has 2 heterocycles. The highest BCUT2D eigenvalue weighted by molar-refractivity contribution is 7.16. The van der Waals surface area contributed by atoms with Crippen molar-refractivity contribution < 1.29 is 9.90 Å². The molecule has 0 aromatic carbocycles. The SMILES string of the molecule is O=C(NC1C2CCC(C2)C1CO)c1cnc(-c2ccccn2)s1. The van der Waals surface area contributed by atoms with E-state index in [1.165, 1.54) is 17.8 Å². The summed E-state index contributed by atoms with van der Waals surface area (Å²) in [5.74, 6) is 1.21. The molecular formula is C17H19N3O2S. The Morgan fingerprint density at radius 3 is 2.96 bits per heavy atom. The molecule has 120 valence electrons. The normalized spacial score (nSPS) is 28.9. The fourth-order valence-corrected chi connectivity index (χ4v) is 4.90. The van der Waals surface area contributed by atoms with E-state index in [0.29, 0.717) is 16.7 Å². The summed E-state index contributed by atoms with van der Waals surface area (Å²) in [7, 11) is 0. The topological polar surface area (TPSA) is 75.1 Å². The maximum Gasteiger partial charge on any atom is 0.263 e. The van der Waals surface area contributed by atoms with Crippen LogP contribution in [-0.2, 0) is 0 Å². The van der Waals surface area contributed by atoms with Gasteiger partial charge in [0.05, 0.1) is 11.9 Å². The van der Waals surface area contributed by atoms with Gasteiger partial charge in [0.25, 0.3) is 5.91 Å². The van der Waals surface area contributed by atoms with Crippen LogP contribution in [0.15, 0.2) is 30.6 Å². The van der Waals surface area contributed by atoms with E-state index in [-0.39, 0.29) is 24.5 Å². The molecule has 2 aliphatic carbocycles. The molecule has 4 rings (SSSR count). The van der Waals surface area contributed by atoms with Crippen molar-refractivity contribution in [2.24, 2.45) is 17.8 Å².